The maximum absolute atomic E-state index is 11.9. The monoisotopic (exact) mass is 237 g/mol. The highest BCUT2D eigenvalue weighted by Gasteiger charge is 2.12. The van der Waals surface area contributed by atoms with Gasteiger partial charge in [0.05, 0.1) is 19.0 Å². The zero-order valence-corrected chi connectivity index (χ0v) is 10.2. The third-order valence-corrected chi connectivity index (χ3v) is 3.07. The summed E-state index contributed by atoms with van der Waals surface area (Å²) in [5.41, 5.74) is 2.50. The predicted octanol–water partition coefficient (Wildman–Crippen LogP) is 3.56. The highest BCUT2D eigenvalue weighted by molar-refractivity contribution is 5.63. The molecule has 0 spiro atoms. The number of unbranched alkanes of at least 4 members (excludes halogenated alkanes) is 2. The summed E-state index contributed by atoms with van der Waals surface area (Å²) in [6.07, 6.45) is 4.79. The second-order valence-corrected chi connectivity index (χ2v) is 4.42. The Balaban J connectivity index is 1.87. The van der Waals surface area contributed by atoms with E-state index in [0.29, 0.717) is 13.0 Å². The summed E-state index contributed by atoms with van der Waals surface area (Å²) in [5, 5.41) is 3.40. The average Bonchev–Trinajstić information content (AvgIpc) is 2.39. The van der Waals surface area contributed by atoms with Crippen molar-refractivity contribution in [3.63, 3.8) is 0 Å². The second-order valence-electron chi connectivity index (χ2n) is 4.42. The molecule has 0 aliphatic carbocycles. The standard InChI is InChI=1S/C14H20FNO/c15-9-2-1-3-11-17-13-8-4-6-12-7-5-10-16-14(12)13/h4,6,8,16H,1-3,5,7,9-11H2. The molecule has 0 bridgehead atoms. The fraction of sp³-hybridized carbons (Fsp3) is 0.571. The van der Waals surface area contributed by atoms with Crippen molar-refractivity contribution in [2.24, 2.45) is 0 Å². The molecule has 0 amide bonds. The van der Waals surface area contributed by atoms with Crippen LogP contribution in [0.3, 0.4) is 0 Å². The minimum atomic E-state index is -0.220. The van der Waals surface area contributed by atoms with E-state index in [1.54, 1.807) is 0 Å². The summed E-state index contributed by atoms with van der Waals surface area (Å²) < 4.78 is 17.7. The van der Waals surface area contributed by atoms with Crippen LogP contribution in [0.1, 0.15) is 31.2 Å². The molecule has 17 heavy (non-hydrogen) atoms. The number of ether oxygens (including phenoxy) is 1. The average molecular weight is 237 g/mol. The van der Waals surface area contributed by atoms with Crippen LogP contribution in [0.5, 0.6) is 5.75 Å². The van der Waals surface area contributed by atoms with Gasteiger partial charge in [0.25, 0.3) is 0 Å². The molecule has 0 unspecified atom stereocenters. The summed E-state index contributed by atoms with van der Waals surface area (Å²) in [4.78, 5) is 0. The first-order valence-corrected chi connectivity index (χ1v) is 6.46. The summed E-state index contributed by atoms with van der Waals surface area (Å²) in [6.45, 7) is 1.48. The number of hydrogen-bond acceptors (Lipinski definition) is 2. The molecule has 0 aromatic heterocycles. The van der Waals surface area contributed by atoms with E-state index in [9.17, 15) is 4.39 Å². The van der Waals surface area contributed by atoms with Gasteiger partial charge in [-0.2, -0.15) is 0 Å². The highest BCUT2D eigenvalue weighted by Crippen LogP contribution is 2.32. The van der Waals surface area contributed by atoms with E-state index in [0.717, 1.165) is 37.2 Å². The van der Waals surface area contributed by atoms with Crippen LogP contribution in [0, 0.1) is 0 Å². The molecule has 0 atom stereocenters. The Morgan fingerprint density at radius 1 is 1.24 bits per heavy atom. The number of nitrogens with one attached hydrogen (secondary N) is 1. The van der Waals surface area contributed by atoms with Crippen molar-refractivity contribution in [1.29, 1.82) is 0 Å². The lowest BCUT2D eigenvalue weighted by Gasteiger charge is -2.21. The van der Waals surface area contributed by atoms with Gasteiger partial charge < -0.3 is 10.1 Å². The Kier molecular flexibility index (Phi) is 4.65. The molecule has 0 radical (unpaired) electrons. The first kappa shape index (κ1) is 12.2. The molecule has 2 rings (SSSR count). The summed E-state index contributed by atoms with van der Waals surface area (Å²) >= 11 is 0. The maximum Gasteiger partial charge on any atom is 0.142 e. The van der Waals surface area contributed by atoms with Gasteiger partial charge in [-0.05, 0) is 43.7 Å². The van der Waals surface area contributed by atoms with E-state index in [-0.39, 0.29) is 6.67 Å². The molecule has 1 aliphatic heterocycles. The second kappa shape index (κ2) is 6.48. The van der Waals surface area contributed by atoms with Crippen molar-refractivity contribution >= 4 is 5.69 Å². The van der Waals surface area contributed by atoms with Crippen molar-refractivity contribution in [2.45, 2.75) is 32.1 Å². The van der Waals surface area contributed by atoms with E-state index < -0.39 is 0 Å². The maximum atomic E-state index is 11.9. The molecule has 1 heterocycles. The van der Waals surface area contributed by atoms with Gasteiger partial charge in [0.1, 0.15) is 5.75 Å². The summed E-state index contributed by atoms with van der Waals surface area (Å²) in [6, 6.07) is 6.20. The number of benzene rings is 1. The predicted molar refractivity (Wildman–Crippen MR) is 68.6 cm³/mol. The molecule has 3 heteroatoms. The largest absolute Gasteiger partial charge is 0.491 e. The molecule has 1 aromatic carbocycles. The van der Waals surface area contributed by atoms with Gasteiger partial charge in [0.2, 0.25) is 0 Å². The Labute approximate surface area is 102 Å². The lowest BCUT2D eigenvalue weighted by Crippen LogP contribution is -2.13. The molecule has 0 saturated carbocycles. The van der Waals surface area contributed by atoms with Gasteiger partial charge in [0.15, 0.2) is 0 Å². The van der Waals surface area contributed by atoms with Gasteiger partial charge in [0, 0.05) is 6.54 Å². The van der Waals surface area contributed by atoms with E-state index in [2.05, 4.69) is 11.4 Å². The van der Waals surface area contributed by atoms with Crippen molar-refractivity contribution < 1.29 is 9.13 Å². The third kappa shape index (κ3) is 3.35. The Morgan fingerprint density at radius 3 is 3.06 bits per heavy atom. The first-order valence-electron chi connectivity index (χ1n) is 6.46. The number of hydrogen-bond donors (Lipinski definition) is 1. The number of rotatable bonds is 6. The van der Waals surface area contributed by atoms with E-state index >= 15 is 0 Å². The Bertz CT molecular complexity index is 354. The number of alkyl halides is 1. The molecule has 94 valence electrons. The molecule has 1 N–H and O–H groups in total. The van der Waals surface area contributed by atoms with Crippen LogP contribution in [0.2, 0.25) is 0 Å². The van der Waals surface area contributed by atoms with Crippen LogP contribution in [0.25, 0.3) is 0 Å². The molecule has 1 aromatic rings. The SMILES string of the molecule is FCCCCCOc1cccc2c1NCCC2. The van der Waals surface area contributed by atoms with E-state index in [1.807, 2.05) is 12.1 Å². The number of para-hydroxylation sites is 1. The Hall–Kier alpha value is -1.25. The van der Waals surface area contributed by atoms with Crippen LogP contribution < -0.4 is 10.1 Å². The van der Waals surface area contributed by atoms with Gasteiger partial charge in [-0.3, -0.25) is 4.39 Å². The number of aryl methyl sites for hydroxylation is 1. The summed E-state index contributed by atoms with van der Waals surface area (Å²) in [5.74, 6) is 0.947. The normalized spacial score (nSPS) is 13.9. The van der Waals surface area contributed by atoms with Crippen molar-refractivity contribution in [1.82, 2.24) is 0 Å². The van der Waals surface area contributed by atoms with Gasteiger partial charge in [-0.25, -0.2) is 0 Å². The third-order valence-electron chi connectivity index (χ3n) is 3.07. The van der Waals surface area contributed by atoms with Crippen LogP contribution in [0.15, 0.2) is 18.2 Å². The fourth-order valence-electron chi connectivity index (χ4n) is 2.15. The van der Waals surface area contributed by atoms with Crippen molar-refractivity contribution in [3.05, 3.63) is 23.8 Å². The van der Waals surface area contributed by atoms with Gasteiger partial charge >= 0.3 is 0 Å². The number of fused-ring (bicyclic) bond motifs is 1. The van der Waals surface area contributed by atoms with Crippen LogP contribution >= 0.6 is 0 Å². The van der Waals surface area contributed by atoms with Crippen molar-refractivity contribution in [3.8, 4) is 5.75 Å². The van der Waals surface area contributed by atoms with Gasteiger partial charge in [-0.15, -0.1) is 0 Å². The fourth-order valence-corrected chi connectivity index (χ4v) is 2.15. The first-order chi connectivity index (χ1) is 8.42. The smallest absolute Gasteiger partial charge is 0.142 e. The lowest BCUT2D eigenvalue weighted by atomic mass is 10.0. The van der Waals surface area contributed by atoms with Crippen molar-refractivity contribution in [2.75, 3.05) is 25.1 Å². The van der Waals surface area contributed by atoms with Crippen LogP contribution in [-0.2, 0) is 6.42 Å². The van der Waals surface area contributed by atoms with Gasteiger partial charge in [-0.1, -0.05) is 12.1 Å². The zero-order valence-electron chi connectivity index (χ0n) is 10.2. The molecule has 1 aliphatic rings. The lowest BCUT2D eigenvalue weighted by molar-refractivity contribution is 0.302. The number of anilines is 1. The number of halogens is 1. The minimum absolute atomic E-state index is 0.220. The topological polar surface area (TPSA) is 21.3 Å². The van der Waals surface area contributed by atoms with Crippen LogP contribution in [-0.4, -0.2) is 19.8 Å². The molecular weight excluding hydrogens is 217 g/mol. The van der Waals surface area contributed by atoms with E-state index in [4.69, 9.17) is 4.74 Å². The molecular formula is C14H20FNO. The Morgan fingerprint density at radius 2 is 2.18 bits per heavy atom. The highest BCUT2D eigenvalue weighted by atomic mass is 19.1. The minimum Gasteiger partial charge on any atom is -0.491 e. The molecule has 0 saturated heterocycles. The van der Waals surface area contributed by atoms with E-state index in [1.165, 1.54) is 12.0 Å². The quantitative estimate of drug-likeness (QED) is 0.764. The van der Waals surface area contributed by atoms with Crippen LogP contribution in [0.4, 0.5) is 10.1 Å². The zero-order chi connectivity index (χ0) is 11.9. The molecule has 2 nitrogen and oxygen atoms in total. The summed E-state index contributed by atoms with van der Waals surface area (Å²) in [7, 11) is 0. The molecule has 0 fully saturated rings.